The lowest BCUT2D eigenvalue weighted by Gasteiger charge is -2.18. The Morgan fingerprint density at radius 2 is 1.74 bits per heavy atom. The number of hydrogen-bond acceptors (Lipinski definition) is 2. The van der Waals surface area contributed by atoms with Crippen LogP contribution in [0.2, 0.25) is 0 Å². The van der Waals surface area contributed by atoms with Gasteiger partial charge in [0.05, 0.1) is 5.75 Å². The third-order valence-electron chi connectivity index (χ3n) is 3.20. The number of carbonyl (C=O) groups is 1. The number of carbonyl (C=O) groups excluding carboxylic acids is 1. The molecule has 0 unspecified atom stereocenters. The summed E-state index contributed by atoms with van der Waals surface area (Å²) >= 11 is 1.61. The van der Waals surface area contributed by atoms with Crippen molar-refractivity contribution < 1.29 is 4.79 Å². The zero-order valence-electron chi connectivity index (χ0n) is 11.4. The maximum atomic E-state index is 11.9. The van der Waals surface area contributed by atoms with Gasteiger partial charge in [0.2, 0.25) is 5.91 Å². The lowest BCUT2D eigenvalue weighted by molar-refractivity contribution is -0.127. The maximum Gasteiger partial charge on any atom is 0.232 e. The number of hydrogen-bond donors (Lipinski definition) is 0. The molecule has 2 nitrogen and oxygen atoms in total. The molecule has 0 N–H and O–H groups in total. The highest BCUT2D eigenvalue weighted by molar-refractivity contribution is 8.00. The van der Waals surface area contributed by atoms with Crippen LogP contribution in [0.3, 0.4) is 0 Å². The molecule has 0 aliphatic carbocycles. The summed E-state index contributed by atoms with van der Waals surface area (Å²) in [6.07, 6.45) is 0. The highest BCUT2D eigenvalue weighted by Gasteiger charge is 2.09. The van der Waals surface area contributed by atoms with Crippen LogP contribution in [-0.2, 0) is 4.79 Å². The van der Waals surface area contributed by atoms with Crippen LogP contribution in [0.15, 0.2) is 47.4 Å². The third-order valence-corrected chi connectivity index (χ3v) is 4.18. The van der Waals surface area contributed by atoms with E-state index in [0.29, 0.717) is 5.75 Å². The summed E-state index contributed by atoms with van der Waals surface area (Å²) in [6.45, 7) is 5.60. The molecule has 0 saturated heterocycles. The van der Waals surface area contributed by atoms with E-state index in [2.05, 4.69) is 30.3 Å². The van der Waals surface area contributed by atoms with Crippen molar-refractivity contribution in [3.8, 4) is 0 Å². The lowest BCUT2D eigenvalue weighted by atomic mass is 10.1. The molecule has 3 heteroatoms. The van der Waals surface area contributed by atoms with Crippen LogP contribution in [0, 0.1) is 0 Å². The van der Waals surface area contributed by atoms with Gasteiger partial charge in [0.25, 0.3) is 0 Å². The van der Waals surface area contributed by atoms with E-state index in [-0.39, 0.29) is 5.91 Å². The second-order valence-corrected chi connectivity index (χ2v) is 5.41. The van der Waals surface area contributed by atoms with E-state index in [4.69, 9.17) is 0 Å². The smallest absolute Gasteiger partial charge is 0.232 e. The van der Waals surface area contributed by atoms with E-state index in [1.807, 2.05) is 30.9 Å². The Balaban J connectivity index is 2.03. The predicted octanol–water partition coefficient (Wildman–Crippen LogP) is 3.80. The van der Waals surface area contributed by atoms with E-state index >= 15 is 0 Å². The summed E-state index contributed by atoms with van der Waals surface area (Å²) in [5.41, 5.74) is 0. The zero-order valence-corrected chi connectivity index (χ0v) is 12.2. The summed E-state index contributed by atoms with van der Waals surface area (Å²) in [4.78, 5) is 15.0. The number of rotatable bonds is 5. The van der Waals surface area contributed by atoms with Crippen molar-refractivity contribution in [3.05, 3.63) is 42.5 Å². The SMILES string of the molecule is CCN(CC)C(=O)CSc1ccc2ccccc2c1. The Morgan fingerprint density at radius 1 is 1.05 bits per heavy atom. The fourth-order valence-electron chi connectivity index (χ4n) is 2.07. The Hall–Kier alpha value is -1.48. The van der Waals surface area contributed by atoms with Crippen molar-refractivity contribution in [2.45, 2.75) is 18.7 Å². The highest BCUT2D eigenvalue weighted by Crippen LogP contribution is 2.23. The Labute approximate surface area is 118 Å². The third kappa shape index (κ3) is 3.51. The minimum Gasteiger partial charge on any atom is -0.343 e. The molecule has 0 radical (unpaired) electrons. The van der Waals surface area contributed by atoms with Gasteiger partial charge < -0.3 is 4.90 Å². The molecule has 0 aromatic heterocycles. The Kier molecular flexibility index (Phi) is 4.86. The van der Waals surface area contributed by atoms with Crippen molar-refractivity contribution >= 4 is 28.4 Å². The van der Waals surface area contributed by atoms with E-state index in [9.17, 15) is 4.79 Å². The van der Waals surface area contributed by atoms with Gasteiger partial charge in [-0.1, -0.05) is 30.3 Å². The predicted molar refractivity (Wildman–Crippen MR) is 82.6 cm³/mol. The zero-order chi connectivity index (χ0) is 13.7. The lowest BCUT2D eigenvalue weighted by Crippen LogP contribution is -2.31. The van der Waals surface area contributed by atoms with E-state index in [1.165, 1.54) is 10.8 Å². The molecule has 1 amide bonds. The van der Waals surface area contributed by atoms with Gasteiger partial charge in [-0.25, -0.2) is 0 Å². The largest absolute Gasteiger partial charge is 0.343 e. The fourth-order valence-corrected chi connectivity index (χ4v) is 2.92. The first-order valence-corrected chi connectivity index (χ1v) is 7.62. The van der Waals surface area contributed by atoms with Crippen LogP contribution in [0.25, 0.3) is 10.8 Å². The molecular weight excluding hydrogens is 254 g/mol. The summed E-state index contributed by atoms with van der Waals surface area (Å²) in [6, 6.07) is 14.6. The molecule has 0 aliphatic heterocycles. The van der Waals surface area contributed by atoms with E-state index < -0.39 is 0 Å². The molecule has 100 valence electrons. The normalized spacial score (nSPS) is 10.6. The van der Waals surface area contributed by atoms with Crippen molar-refractivity contribution in [3.63, 3.8) is 0 Å². The van der Waals surface area contributed by atoms with Gasteiger partial charge in [-0.05, 0) is 36.8 Å². The van der Waals surface area contributed by atoms with Crippen LogP contribution in [0.5, 0.6) is 0 Å². The standard InChI is InChI=1S/C16H19NOS/c1-3-17(4-2)16(18)12-19-15-10-9-13-7-5-6-8-14(13)11-15/h5-11H,3-4,12H2,1-2H3. The molecule has 0 spiro atoms. The molecule has 2 aromatic carbocycles. The minimum absolute atomic E-state index is 0.211. The molecule has 0 bridgehead atoms. The van der Waals surface area contributed by atoms with Gasteiger partial charge in [0, 0.05) is 18.0 Å². The average molecular weight is 273 g/mol. The topological polar surface area (TPSA) is 20.3 Å². The number of thioether (sulfide) groups is 1. The monoisotopic (exact) mass is 273 g/mol. The van der Waals surface area contributed by atoms with Gasteiger partial charge in [-0.15, -0.1) is 11.8 Å². The molecule has 0 aliphatic rings. The molecule has 2 rings (SSSR count). The first kappa shape index (κ1) is 13.9. The van der Waals surface area contributed by atoms with Crippen molar-refractivity contribution in [2.24, 2.45) is 0 Å². The number of amides is 1. The Bertz CT molecular complexity index is 563. The van der Waals surface area contributed by atoms with Crippen molar-refractivity contribution in [1.29, 1.82) is 0 Å². The summed E-state index contributed by atoms with van der Waals surface area (Å²) in [7, 11) is 0. The van der Waals surface area contributed by atoms with Crippen molar-refractivity contribution in [1.82, 2.24) is 4.90 Å². The number of nitrogens with zero attached hydrogens (tertiary/aromatic N) is 1. The second kappa shape index (κ2) is 6.62. The fraction of sp³-hybridized carbons (Fsp3) is 0.312. The van der Waals surface area contributed by atoms with Crippen LogP contribution < -0.4 is 0 Å². The summed E-state index contributed by atoms with van der Waals surface area (Å²) < 4.78 is 0. The molecule has 0 atom stereocenters. The Morgan fingerprint density at radius 3 is 2.42 bits per heavy atom. The van der Waals surface area contributed by atoms with Crippen LogP contribution in [0.1, 0.15) is 13.8 Å². The highest BCUT2D eigenvalue weighted by atomic mass is 32.2. The molecular formula is C16H19NOS. The van der Waals surface area contributed by atoms with Crippen LogP contribution in [-0.4, -0.2) is 29.6 Å². The average Bonchev–Trinajstić information content (AvgIpc) is 2.46. The molecule has 0 saturated carbocycles. The van der Waals surface area contributed by atoms with E-state index in [1.54, 1.807) is 11.8 Å². The van der Waals surface area contributed by atoms with E-state index in [0.717, 1.165) is 18.0 Å². The minimum atomic E-state index is 0.211. The molecule has 19 heavy (non-hydrogen) atoms. The quantitative estimate of drug-likeness (QED) is 0.772. The summed E-state index contributed by atoms with van der Waals surface area (Å²) in [5, 5.41) is 2.46. The maximum absolute atomic E-state index is 11.9. The van der Waals surface area contributed by atoms with Gasteiger partial charge in [0.15, 0.2) is 0 Å². The van der Waals surface area contributed by atoms with Gasteiger partial charge in [-0.3, -0.25) is 4.79 Å². The van der Waals surface area contributed by atoms with Gasteiger partial charge in [-0.2, -0.15) is 0 Å². The number of fused-ring (bicyclic) bond motifs is 1. The van der Waals surface area contributed by atoms with Gasteiger partial charge >= 0.3 is 0 Å². The second-order valence-electron chi connectivity index (χ2n) is 4.36. The molecule has 2 aromatic rings. The summed E-state index contributed by atoms with van der Waals surface area (Å²) in [5.74, 6) is 0.725. The molecule has 0 heterocycles. The first-order chi connectivity index (χ1) is 9.24. The molecule has 0 fully saturated rings. The number of benzene rings is 2. The van der Waals surface area contributed by atoms with Crippen molar-refractivity contribution in [2.75, 3.05) is 18.8 Å². The van der Waals surface area contributed by atoms with Gasteiger partial charge in [0.1, 0.15) is 0 Å². The van der Waals surface area contributed by atoms with Crippen LogP contribution in [0.4, 0.5) is 0 Å². The van der Waals surface area contributed by atoms with Crippen LogP contribution >= 0.6 is 11.8 Å². The first-order valence-electron chi connectivity index (χ1n) is 6.64.